The molecule has 2 nitrogen and oxygen atoms in total. The molecule has 2 heteroatoms. The van der Waals surface area contributed by atoms with Gasteiger partial charge in [0.15, 0.2) is 0 Å². The van der Waals surface area contributed by atoms with E-state index < -0.39 is 0 Å². The van der Waals surface area contributed by atoms with Crippen molar-refractivity contribution in [2.45, 2.75) is 38.6 Å². The van der Waals surface area contributed by atoms with Crippen molar-refractivity contribution < 1.29 is 0 Å². The third-order valence-corrected chi connectivity index (χ3v) is 3.60. The van der Waals surface area contributed by atoms with Crippen LogP contribution in [0.15, 0.2) is 24.4 Å². The van der Waals surface area contributed by atoms with Gasteiger partial charge in [0.2, 0.25) is 0 Å². The molecule has 1 aromatic rings. The molecule has 0 aliphatic heterocycles. The Bertz CT molecular complexity index is 289. The highest BCUT2D eigenvalue weighted by atomic mass is 14.8. The van der Waals surface area contributed by atoms with E-state index >= 15 is 0 Å². The van der Waals surface area contributed by atoms with Gasteiger partial charge in [-0.05, 0) is 36.8 Å². The van der Waals surface area contributed by atoms with Crippen LogP contribution in [0.1, 0.15) is 44.3 Å². The van der Waals surface area contributed by atoms with E-state index in [1.165, 1.54) is 25.7 Å². The fraction of sp³-hybridized carbons (Fsp3) is 0.615. The second kappa shape index (κ2) is 4.75. The van der Waals surface area contributed by atoms with Crippen molar-refractivity contribution in [2.24, 2.45) is 17.6 Å². The summed E-state index contributed by atoms with van der Waals surface area (Å²) in [6.07, 6.45) is 7.01. The summed E-state index contributed by atoms with van der Waals surface area (Å²) in [5, 5.41) is 0. The normalized spacial score (nSPS) is 28.7. The zero-order valence-electron chi connectivity index (χ0n) is 9.39. The van der Waals surface area contributed by atoms with Crippen molar-refractivity contribution in [3.05, 3.63) is 30.1 Å². The van der Waals surface area contributed by atoms with Crippen LogP contribution in [0.25, 0.3) is 0 Å². The Hall–Kier alpha value is -0.890. The molecule has 1 saturated carbocycles. The minimum Gasteiger partial charge on any atom is -0.322 e. The molecule has 2 rings (SSSR count). The third kappa shape index (κ3) is 2.57. The van der Waals surface area contributed by atoms with Crippen LogP contribution in [0.2, 0.25) is 0 Å². The van der Waals surface area contributed by atoms with Gasteiger partial charge in [0.05, 0.1) is 5.69 Å². The molecule has 1 heterocycles. The molecule has 0 radical (unpaired) electrons. The molecule has 0 bridgehead atoms. The molecule has 1 fully saturated rings. The summed E-state index contributed by atoms with van der Waals surface area (Å²) in [4.78, 5) is 4.35. The second-order valence-electron chi connectivity index (χ2n) is 4.80. The molecule has 82 valence electrons. The number of hydrogen-bond acceptors (Lipinski definition) is 2. The molecule has 0 amide bonds. The van der Waals surface area contributed by atoms with Gasteiger partial charge < -0.3 is 5.73 Å². The summed E-state index contributed by atoms with van der Waals surface area (Å²) in [6, 6.07) is 6.15. The molecule has 0 unspecified atom stereocenters. The minimum atomic E-state index is 0.138. The van der Waals surface area contributed by atoms with Crippen molar-refractivity contribution in [2.75, 3.05) is 0 Å². The first kappa shape index (κ1) is 10.6. The van der Waals surface area contributed by atoms with Crippen LogP contribution >= 0.6 is 0 Å². The van der Waals surface area contributed by atoms with Crippen LogP contribution in [0.4, 0.5) is 0 Å². The maximum Gasteiger partial charge on any atom is 0.0573 e. The predicted molar refractivity (Wildman–Crippen MR) is 62.3 cm³/mol. The average molecular weight is 204 g/mol. The van der Waals surface area contributed by atoms with Gasteiger partial charge in [0.1, 0.15) is 0 Å². The van der Waals surface area contributed by atoms with Gasteiger partial charge in [-0.25, -0.2) is 0 Å². The van der Waals surface area contributed by atoms with E-state index in [-0.39, 0.29) is 6.04 Å². The molecular formula is C13H20N2. The number of pyridine rings is 1. The Morgan fingerprint density at radius 1 is 1.27 bits per heavy atom. The van der Waals surface area contributed by atoms with Crippen LogP contribution < -0.4 is 5.73 Å². The molecule has 0 spiro atoms. The van der Waals surface area contributed by atoms with Crippen LogP contribution in [0.5, 0.6) is 0 Å². The predicted octanol–water partition coefficient (Wildman–Crippen LogP) is 2.91. The molecule has 15 heavy (non-hydrogen) atoms. The van der Waals surface area contributed by atoms with E-state index in [1.54, 1.807) is 0 Å². The van der Waals surface area contributed by atoms with Gasteiger partial charge in [-0.1, -0.05) is 25.8 Å². The number of nitrogens with zero attached hydrogens (tertiary/aromatic N) is 1. The Labute approximate surface area is 91.9 Å². The highest BCUT2D eigenvalue weighted by molar-refractivity contribution is 5.09. The standard InChI is InChI=1S/C13H20N2/c1-10-5-7-11(8-6-10)13(14)12-4-2-3-9-15-12/h2-4,9-11,13H,5-8,14H2,1H3/t10?,11?,13-/m0/s1. The van der Waals surface area contributed by atoms with Crippen LogP contribution in [0.3, 0.4) is 0 Å². The first-order valence-electron chi connectivity index (χ1n) is 5.94. The quantitative estimate of drug-likeness (QED) is 0.804. The number of nitrogens with two attached hydrogens (primary N) is 1. The lowest BCUT2D eigenvalue weighted by Crippen LogP contribution is -2.26. The minimum absolute atomic E-state index is 0.138. The SMILES string of the molecule is CC1CCC([C@H](N)c2ccccn2)CC1. The average Bonchev–Trinajstić information content (AvgIpc) is 2.30. The summed E-state index contributed by atoms with van der Waals surface area (Å²) in [6.45, 7) is 2.34. The molecule has 2 N–H and O–H groups in total. The van der Waals surface area contributed by atoms with E-state index in [1.807, 2.05) is 24.4 Å². The molecule has 1 aliphatic rings. The van der Waals surface area contributed by atoms with E-state index in [0.29, 0.717) is 5.92 Å². The topological polar surface area (TPSA) is 38.9 Å². The molecule has 1 aromatic heterocycles. The third-order valence-electron chi connectivity index (χ3n) is 3.60. The lowest BCUT2D eigenvalue weighted by atomic mass is 9.78. The van der Waals surface area contributed by atoms with Gasteiger partial charge in [-0.15, -0.1) is 0 Å². The number of rotatable bonds is 2. The summed E-state index contributed by atoms with van der Waals surface area (Å²) < 4.78 is 0. The van der Waals surface area contributed by atoms with Crippen molar-refractivity contribution >= 4 is 0 Å². The monoisotopic (exact) mass is 204 g/mol. The van der Waals surface area contributed by atoms with Crippen LogP contribution in [-0.4, -0.2) is 4.98 Å². The zero-order valence-corrected chi connectivity index (χ0v) is 9.39. The van der Waals surface area contributed by atoms with Gasteiger partial charge in [0, 0.05) is 12.2 Å². The number of hydrogen-bond donors (Lipinski definition) is 1. The lowest BCUT2D eigenvalue weighted by molar-refractivity contribution is 0.254. The molecular weight excluding hydrogens is 184 g/mol. The fourth-order valence-electron chi connectivity index (χ4n) is 2.46. The van der Waals surface area contributed by atoms with Crippen molar-refractivity contribution in [1.29, 1.82) is 0 Å². The highest BCUT2D eigenvalue weighted by Gasteiger charge is 2.24. The highest BCUT2D eigenvalue weighted by Crippen LogP contribution is 2.34. The van der Waals surface area contributed by atoms with Gasteiger partial charge in [-0.3, -0.25) is 4.98 Å². The van der Waals surface area contributed by atoms with Crippen molar-refractivity contribution in [1.82, 2.24) is 4.98 Å². The summed E-state index contributed by atoms with van der Waals surface area (Å²) in [7, 11) is 0. The Balaban J connectivity index is 1.99. The zero-order chi connectivity index (χ0) is 10.7. The maximum atomic E-state index is 6.25. The van der Waals surface area contributed by atoms with E-state index in [2.05, 4.69) is 11.9 Å². The van der Waals surface area contributed by atoms with Gasteiger partial charge in [0.25, 0.3) is 0 Å². The summed E-state index contributed by atoms with van der Waals surface area (Å²) in [5.74, 6) is 1.52. The van der Waals surface area contributed by atoms with E-state index in [9.17, 15) is 0 Å². The first-order chi connectivity index (χ1) is 7.27. The number of aromatic nitrogens is 1. The van der Waals surface area contributed by atoms with E-state index in [0.717, 1.165) is 11.6 Å². The van der Waals surface area contributed by atoms with E-state index in [4.69, 9.17) is 5.73 Å². The molecule has 1 atom stereocenters. The molecule has 1 aliphatic carbocycles. The van der Waals surface area contributed by atoms with Gasteiger partial charge in [-0.2, -0.15) is 0 Å². The van der Waals surface area contributed by atoms with Crippen LogP contribution in [0, 0.1) is 11.8 Å². The molecule has 0 aromatic carbocycles. The maximum absolute atomic E-state index is 6.25. The second-order valence-corrected chi connectivity index (χ2v) is 4.80. The van der Waals surface area contributed by atoms with Crippen molar-refractivity contribution in [3.8, 4) is 0 Å². The largest absolute Gasteiger partial charge is 0.322 e. The Morgan fingerprint density at radius 3 is 2.60 bits per heavy atom. The molecule has 0 saturated heterocycles. The fourth-order valence-corrected chi connectivity index (χ4v) is 2.46. The van der Waals surface area contributed by atoms with Crippen molar-refractivity contribution in [3.63, 3.8) is 0 Å². The summed E-state index contributed by atoms with van der Waals surface area (Å²) >= 11 is 0. The Kier molecular flexibility index (Phi) is 3.37. The Morgan fingerprint density at radius 2 is 2.00 bits per heavy atom. The first-order valence-corrected chi connectivity index (χ1v) is 5.94. The lowest BCUT2D eigenvalue weighted by Gasteiger charge is -2.30. The summed E-state index contributed by atoms with van der Waals surface area (Å²) in [5.41, 5.74) is 7.31. The smallest absolute Gasteiger partial charge is 0.0573 e. The van der Waals surface area contributed by atoms with Crippen LogP contribution in [-0.2, 0) is 0 Å². The van der Waals surface area contributed by atoms with Gasteiger partial charge >= 0.3 is 0 Å².